The third kappa shape index (κ3) is 4.72. The number of pyridine rings is 1. The molecular formula is C25H26N4O3. The predicted molar refractivity (Wildman–Crippen MR) is 125 cm³/mol. The summed E-state index contributed by atoms with van der Waals surface area (Å²) in [4.78, 5) is 33.3. The number of rotatable bonds is 5. The number of fused-ring (bicyclic) bond motifs is 1. The second-order valence-corrected chi connectivity index (χ2v) is 7.63. The first-order valence-electron chi connectivity index (χ1n) is 10.7. The number of carbonyl (C=O) groups excluding carboxylic acids is 2. The number of benzene rings is 2. The number of aryl methyl sites for hydroxylation is 1. The largest absolute Gasteiger partial charge is 0.462 e. The van der Waals surface area contributed by atoms with Crippen molar-refractivity contribution in [2.45, 2.75) is 20.4 Å². The molecule has 0 saturated carbocycles. The van der Waals surface area contributed by atoms with Crippen molar-refractivity contribution >= 4 is 29.2 Å². The molecular weight excluding hydrogens is 404 g/mol. The molecule has 1 aliphatic heterocycles. The highest BCUT2D eigenvalue weighted by molar-refractivity contribution is 6.04. The number of ether oxygens (including phenoxy) is 1. The summed E-state index contributed by atoms with van der Waals surface area (Å²) in [5.74, 6) is 0.405. The molecule has 0 radical (unpaired) electrons. The van der Waals surface area contributed by atoms with Crippen molar-refractivity contribution in [2.75, 3.05) is 34.8 Å². The molecule has 0 spiro atoms. The Bertz CT molecular complexity index is 1100. The van der Waals surface area contributed by atoms with Crippen LogP contribution >= 0.6 is 0 Å². The van der Waals surface area contributed by atoms with Gasteiger partial charge < -0.3 is 15.0 Å². The fraction of sp³-hybridized carbons (Fsp3) is 0.240. The van der Waals surface area contributed by atoms with Crippen molar-refractivity contribution in [1.29, 1.82) is 0 Å². The highest BCUT2D eigenvalue weighted by Crippen LogP contribution is 2.32. The van der Waals surface area contributed by atoms with Crippen LogP contribution in [-0.4, -0.2) is 36.7 Å². The van der Waals surface area contributed by atoms with E-state index in [1.54, 1.807) is 42.3 Å². The topological polar surface area (TPSA) is 74.8 Å². The first-order valence-corrected chi connectivity index (χ1v) is 10.7. The van der Waals surface area contributed by atoms with Crippen molar-refractivity contribution in [3.63, 3.8) is 0 Å². The minimum Gasteiger partial charge on any atom is -0.462 e. The number of esters is 1. The van der Waals surface area contributed by atoms with E-state index in [4.69, 9.17) is 4.74 Å². The smallest absolute Gasteiger partial charge is 0.338 e. The number of hydrogen-bond donors (Lipinski definition) is 1. The Morgan fingerprint density at radius 2 is 1.78 bits per heavy atom. The lowest BCUT2D eigenvalue weighted by Gasteiger charge is -2.36. The molecule has 0 atom stereocenters. The Balaban J connectivity index is 1.48. The van der Waals surface area contributed by atoms with Gasteiger partial charge in [-0.15, -0.1) is 0 Å². The van der Waals surface area contributed by atoms with E-state index in [1.807, 2.05) is 12.1 Å². The van der Waals surface area contributed by atoms with Crippen LogP contribution in [0.3, 0.4) is 0 Å². The van der Waals surface area contributed by atoms with Crippen LogP contribution in [0.25, 0.3) is 0 Å². The standard InChI is InChI=1S/C25H26N4O3/c1-3-32-24(30)20-10-12-21(13-11-20)27-25(31)29-16-15-28(23-22(29)5-4-14-26-23)17-19-8-6-18(2)7-9-19/h4-14H,3,15-17H2,1-2H3,(H,27,31). The Morgan fingerprint density at radius 3 is 2.50 bits per heavy atom. The number of aromatic nitrogens is 1. The van der Waals surface area contributed by atoms with Crippen molar-refractivity contribution in [3.8, 4) is 0 Å². The monoisotopic (exact) mass is 430 g/mol. The zero-order chi connectivity index (χ0) is 22.5. The van der Waals surface area contributed by atoms with Gasteiger partial charge in [0, 0.05) is 31.5 Å². The number of nitrogens with one attached hydrogen (secondary N) is 1. The number of nitrogens with zero attached hydrogens (tertiary/aromatic N) is 3. The molecule has 32 heavy (non-hydrogen) atoms. The molecule has 0 fully saturated rings. The number of carbonyl (C=O) groups is 2. The molecule has 2 heterocycles. The van der Waals surface area contributed by atoms with Crippen molar-refractivity contribution < 1.29 is 14.3 Å². The molecule has 0 bridgehead atoms. The van der Waals surface area contributed by atoms with Gasteiger partial charge in [-0.2, -0.15) is 0 Å². The molecule has 7 nitrogen and oxygen atoms in total. The summed E-state index contributed by atoms with van der Waals surface area (Å²) in [6, 6.07) is 18.6. The molecule has 0 saturated heterocycles. The summed E-state index contributed by atoms with van der Waals surface area (Å²) < 4.78 is 5.00. The van der Waals surface area contributed by atoms with Gasteiger partial charge in [0.15, 0.2) is 5.82 Å². The van der Waals surface area contributed by atoms with E-state index in [0.717, 1.165) is 18.1 Å². The Kier molecular flexibility index (Phi) is 6.35. The molecule has 0 unspecified atom stereocenters. The van der Waals surface area contributed by atoms with E-state index < -0.39 is 0 Å². The first-order chi connectivity index (χ1) is 15.5. The van der Waals surface area contributed by atoms with Crippen LogP contribution in [0.1, 0.15) is 28.4 Å². The average molecular weight is 431 g/mol. The Hall–Kier alpha value is -3.87. The predicted octanol–water partition coefficient (Wildman–Crippen LogP) is 4.63. The van der Waals surface area contributed by atoms with Gasteiger partial charge in [-0.25, -0.2) is 14.6 Å². The number of hydrogen-bond acceptors (Lipinski definition) is 5. The molecule has 2 amide bonds. The van der Waals surface area contributed by atoms with Gasteiger partial charge in [-0.1, -0.05) is 29.8 Å². The van der Waals surface area contributed by atoms with Gasteiger partial charge in [0.1, 0.15) is 0 Å². The minimum atomic E-state index is -0.380. The number of urea groups is 1. The molecule has 2 aromatic carbocycles. The lowest BCUT2D eigenvalue weighted by atomic mass is 10.1. The highest BCUT2D eigenvalue weighted by Gasteiger charge is 2.28. The lowest BCUT2D eigenvalue weighted by molar-refractivity contribution is 0.0526. The molecule has 0 aliphatic carbocycles. The third-order valence-corrected chi connectivity index (χ3v) is 5.34. The summed E-state index contributed by atoms with van der Waals surface area (Å²) >= 11 is 0. The average Bonchev–Trinajstić information content (AvgIpc) is 2.81. The molecule has 1 N–H and O–H groups in total. The normalized spacial score (nSPS) is 12.8. The molecule has 1 aromatic heterocycles. The maximum Gasteiger partial charge on any atom is 0.338 e. The zero-order valence-corrected chi connectivity index (χ0v) is 18.2. The van der Waals surface area contributed by atoms with Crippen LogP contribution in [0.4, 0.5) is 22.0 Å². The maximum atomic E-state index is 13.0. The quantitative estimate of drug-likeness (QED) is 0.598. The summed E-state index contributed by atoms with van der Waals surface area (Å²) in [6.07, 6.45) is 1.75. The van der Waals surface area contributed by atoms with Gasteiger partial charge >= 0.3 is 12.0 Å². The minimum absolute atomic E-state index is 0.238. The van der Waals surface area contributed by atoms with Crippen LogP contribution in [0, 0.1) is 6.92 Å². The van der Waals surface area contributed by atoms with E-state index in [0.29, 0.717) is 30.9 Å². The van der Waals surface area contributed by atoms with E-state index in [2.05, 4.69) is 46.4 Å². The van der Waals surface area contributed by atoms with Gasteiger partial charge in [-0.05, 0) is 55.8 Å². The number of amides is 2. The van der Waals surface area contributed by atoms with Crippen LogP contribution in [0.2, 0.25) is 0 Å². The maximum absolute atomic E-state index is 13.0. The van der Waals surface area contributed by atoms with Gasteiger partial charge in [0.25, 0.3) is 0 Å². The van der Waals surface area contributed by atoms with E-state index in [1.165, 1.54) is 11.1 Å². The zero-order valence-electron chi connectivity index (χ0n) is 18.2. The molecule has 3 aromatic rings. The highest BCUT2D eigenvalue weighted by atomic mass is 16.5. The second-order valence-electron chi connectivity index (χ2n) is 7.63. The lowest BCUT2D eigenvalue weighted by Crippen LogP contribution is -2.46. The summed E-state index contributed by atoms with van der Waals surface area (Å²) in [6.45, 7) is 6.10. The Labute approximate surface area is 187 Å². The SMILES string of the molecule is CCOC(=O)c1ccc(NC(=O)N2CCN(Cc3ccc(C)cc3)c3ncccc32)cc1. The van der Waals surface area contributed by atoms with Gasteiger partial charge in [0.05, 0.1) is 17.9 Å². The number of anilines is 3. The van der Waals surface area contributed by atoms with E-state index in [9.17, 15) is 9.59 Å². The van der Waals surface area contributed by atoms with Crippen molar-refractivity contribution in [3.05, 3.63) is 83.6 Å². The first kappa shape index (κ1) is 21.4. The van der Waals surface area contributed by atoms with Crippen LogP contribution in [-0.2, 0) is 11.3 Å². The van der Waals surface area contributed by atoms with Crippen LogP contribution in [0.5, 0.6) is 0 Å². The fourth-order valence-corrected chi connectivity index (χ4v) is 3.66. The second kappa shape index (κ2) is 9.51. The molecule has 7 heteroatoms. The molecule has 1 aliphatic rings. The Morgan fingerprint density at radius 1 is 1.03 bits per heavy atom. The fourth-order valence-electron chi connectivity index (χ4n) is 3.66. The van der Waals surface area contributed by atoms with Gasteiger partial charge in [0.2, 0.25) is 0 Å². The van der Waals surface area contributed by atoms with Crippen molar-refractivity contribution in [1.82, 2.24) is 4.98 Å². The van der Waals surface area contributed by atoms with Crippen molar-refractivity contribution in [2.24, 2.45) is 0 Å². The van der Waals surface area contributed by atoms with Crippen LogP contribution in [0.15, 0.2) is 66.9 Å². The summed E-state index contributed by atoms with van der Waals surface area (Å²) in [5, 5.41) is 2.91. The third-order valence-electron chi connectivity index (χ3n) is 5.34. The van der Waals surface area contributed by atoms with Crippen LogP contribution < -0.4 is 15.1 Å². The summed E-state index contributed by atoms with van der Waals surface area (Å²) in [7, 11) is 0. The van der Waals surface area contributed by atoms with E-state index >= 15 is 0 Å². The molecule has 4 rings (SSSR count). The molecule has 164 valence electrons. The van der Waals surface area contributed by atoms with E-state index in [-0.39, 0.29) is 12.0 Å². The van der Waals surface area contributed by atoms with Gasteiger partial charge in [-0.3, -0.25) is 4.90 Å². The summed E-state index contributed by atoms with van der Waals surface area (Å²) in [5.41, 5.74) is 4.25.